The Balaban J connectivity index is 1.82. The van der Waals surface area contributed by atoms with E-state index in [1.165, 1.54) is 12.8 Å². The molecule has 112 valence electrons. The maximum atomic E-state index is 12.7. The highest BCUT2D eigenvalue weighted by Gasteiger charge is 2.39. The molecule has 0 atom stereocenters. The van der Waals surface area contributed by atoms with Crippen molar-refractivity contribution in [3.63, 3.8) is 0 Å². The smallest absolute Gasteiger partial charge is 0.319 e. The van der Waals surface area contributed by atoms with Crippen LogP contribution in [0.1, 0.15) is 18.4 Å². The summed E-state index contributed by atoms with van der Waals surface area (Å²) in [5.74, 6) is -3.98. The van der Waals surface area contributed by atoms with Crippen molar-refractivity contribution in [3.05, 3.63) is 29.8 Å². The molecule has 1 aromatic carbocycles. The number of nitrogens with one attached hydrogen (secondary N) is 1. The SMILES string of the molecule is FC(F)C(F)(F)CNCc1ccc(N2CCCC2)cc1. The number of benzene rings is 1. The van der Waals surface area contributed by atoms with Crippen LogP contribution in [0, 0.1) is 0 Å². The molecule has 1 fully saturated rings. The van der Waals surface area contributed by atoms with Crippen molar-refractivity contribution in [3.8, 4) is 0 Å². The first kappa shape index (κ1) is 15.1. The number of halogens is 4. The van der Waals surface area contributed by atoms with Crippen molar-refractivity contribution in [2.24, 2.45) is 0 Å². The molecule has 1 N–H and O–H groups in total. The summed E-state index contributed by atoms with van der Waals surface area (Å²) in [5.41, 5.74) is 1.92. The van der Waals surface area contributed by atoms with Gasteiger partial charge in [-0.15, -0.1) is 0 Å². The van der Waals surface area contributed by atoms with E-state index >= 15 is 0 Å². The van der Waals surface area contributed by atoms with Crippen molar-refractivity contribution in [1.82, 2.24) is 5.32 Å². The highest BCUT2D eigenvalue weighted by Crippen LogP contribution is 2.22. The third kappa shape index (κ3) is 3.85. The van der Waals surface area contributed by atoms with Gasteiger partial charge in [-0.3, -0.25) is 0 Å². The normalized spacial score (nSPS) is 16.1. The molecule has 2 nitrogen and oxygen atoms in total. The summed E-state index contributed by atoms with van der Waals surface area (Å²) in [5, 5.41) is 2.37. The Morgan fingerprint density at radius 3 is 2.25 bits per heavy atom. The van der Waals surface area contributed by atoms with Crippen LogP contribution in [-0.2, 0) is 6.54 Å². The molecule has 0 saturated carbocycles. The van der Waals surface area contributed by atoms with Crippen LogP contribution in [-0.4, -0.2) is 32.0 Å². The molecule has 20 heavy (non-hydrogen) atoms. The van der Waals surface area contributed by atoms with Gasteiger partial charge in [-0.05, 0) is 30.5 Å². The third-order valence-electron chi connectivity index (χ3n) is 3.42. The predicted octanol–water partition coefficient (Wildman–Crippen LogP) is 3.28. The molecule has 1 saturated heterocycles. The Morgan fingerprint density at radius 2 is 1.70 bits per heavy atom. The van der Waals surface area contributed by atoms with Gasteiger partial charge in [-0.2, -0.15) is 8.78 Å². The number of hydrogen-bond donors (Lipinski definition) is 1. The molecule has 6 heteroatoms. The molecule has 1 aromatic rings. The Labute approximate surface area is 115 Å². The van der Waals surface area contributed by atoms with Crippen LogP contribution >= 0.6 is 0 Å². The largest absolute Gasteiger partial charge is 0.372 e. The van der Waals surface area contributed by atoms with Crippen molar-refractivity contribution in [1.29, 1.82) is 0 Å². The van der Waals surface area contributed by atoms with E-state index in [4.69, 9.17) is 0 Å². The van der Waals surface area contributed by atoms with Crippen molar-refractivity contribution >= 4 is 5.69 Å². The van der Waals surface area contributed by atoms with E-state index in [1.807, 2.05) is 24.3 Å². The minimum atomic E-state index is -3.98. The summed E-state index contributed by atoms with van der Waals surface area (Å²) in [6.07, 6.45) is -1.26. The zero-order valence-corrected chi connectivity index (χ0v) is 11.1. The average molecular weight is 290 g/mol. The van der Waals surface area contributed by atoms with Gasteiger partial charge in [0, 0.05) is 25.3 Å². The highest BCUT2D eigenvalue weighted by molar-refractivity contribution is 5.48. The van der Waals surface area contributed by atoms with Gasteiger partial charge in [0.15, 0.2) is 0 Å². The van der Waals surface area contributed by atoms with Crippen LogP contribution in [0.3, 0.4) is 0 Å². The lowest BCUT2D eigenvalue weighted by Crippen LogP contribution is -2.38. The van der Waals surface area contributed by atoms with Gasteiger partial charge in [-0.25, -0.2) is 8.78 Å². The molecule has 1 aliphatic heterocycles. The quantitative estimate of drug-likeness (QED) is 0.809. The molecule has 0 bridgehead atoms. The van der Waals surface area contributed by atoms with Gasteiger partial charge in [0.2, 0.25) is 0 Å². The molecular formula is C14H18F4N2. The Bertz CT molecular complexity index is 414. The van der Waals surface area contributed by atoms with Gasteiger partial charge in [0.1, 0.15) is 0 Å². The Morgan fingerprint density at radius 1 is 1.10 bits per heavy atom. The molecule has 0 unspecified atom stereocenters. The minimum absolute atomic E-state index is 0.155. The van der Waals surface area contributed by atoms with E-state index in [0.29, 0.717) is 0 Å². The minimum Gasteiger partial charge on any atom is -0.372 e. The number of nitrogens with zero attached hydrogens (tertiary/aromatic N) is 1. The predicted molar refractivity (Wildman–Crippen MR) is 70.5 cm³/mol. The molecule has 0 amide bonds. The lowest BCUT2D eigenvalue weighted by atomic mass is 10.2. The van der Waals surface area contributed by atoms with Crippen molar-refractivity contribution in [2.75, 3.05) is 24.5 Å². The number of alkyl halides is 4. The van der Waals surface area contributed by atoms with E-state index in [1.54, 1.807) is 0 Å². The van der Waals surface area contributed by atoms with Crippen LogP contribution in [0.25, 0.3) is 0 Å². The van der Waals surface area contributed by atoms with Crippen LogP contribution in [0.15, 0.2) is 24.3 Å². The lowest BCUT2D eigenvalue weighted by Gasteiger charge is -2.18. The van der Waals surface area contributed by atoms with E-state index in [2.05, 4.69) is 10.2 Å². The first-order valence-corrected chi connectivity index (χ1v) is 6.69. The molecule has 0 spiro atoms. The summed E-state index contributed by atoms with van der Waals surface area (Å²) in [7, 11) is 0. The molecule has 0 aliphatic carbocycles. The van der Waals surface area contributed by atoms with E-state index in [0.717, 1.165) is 24.3 Å². The zero-order valence-electron chi connectivity index (χ0n) is 11.1. The van der Waals surface area contributed by atoms with Crippen molar-refractivity contribution < 1.29 is 17.6 Å². The highest BCUT2D eigenvalue weighted by atomic mass is 19.3. The molecule has 0 aromatic heterocycles. The number of rotatable bonds is 6. The fourth-order valence-corrected chi connectivity index (χ4v) is 2.25. The van der Waals surface area contributed by atoms with Crippen LogP contribution < -0.4 is 10.2 Å². The van der Waals surface area contributed by atoms with Crippen LogP contribution in [0.5, 0.6) is 0 Å². The van der Waals surface area contributed by atoms with E-state index in [9.17, 15) is 17.6 Å². The average Bonchev–Trinajstić information content (AvgIpc) is 2.93. The molecule has 1 heterocycles. The van der Waals surface area contributed by atoms with Crippen LogP contribution in [0.4, 0.5) is 23.2 Å². The fraction of sp³-hybridized carbons (Fsp3) is 0.571. The fourth-order valence-electron chi connectivity index (χ4n) is 2.25. The maximum Gasteiger partial charge on any atom is 0.319 e. The first-order chi connectivity index (χ1) is 9.49. The van der Waals surface area contributed by atoms with Gasteiger partial charge >= 0.3 is 12.3 Å². The van der Waals surface area contributed by atoms with Gasteiger partial charge in [-0.1, -0.05) is 12.1 Å². The van der Waals surface area contributed by atoms with E-state index < -0.39 is 18.9 Å². The molecule has 0 radical (unpaired) electrons. The van der Waals surface area contributed by atoms with Gasteiger partial charge < -0.3 is 10.2 Å². The Hall–Kier alpha value is -1.30. The lowest BCUT2D eigenvalue weighted by molar-refractivity contribution is -0.125. The second-order valence-corrected chi connectivity index (χ2v) is 5.03. The number of hydrogen-bond acceptors (Lipinski definition) is 2. The standard InChI is InChI=1S/C14H18F4N2/c15-13(16)14(17,18)10-19-9-11-3-5-12(6-4-11)20-7-1-2-8-20/h3-6,13,19H,1-2,7-10H2. The van der Waals surface area contributed by atoms with Gasteiger partial charge in [0.25, 0.3) is 0 Å². The van der Waals surface area contributed by atoms with Crippen molar-refractivity contribution in [2.45, 2.75) is 31.7 Å². The topological polar surface area (TPSA) is 15.3 Å². The summed E-state index contributed by atoms with van der Waals surface area (Å²) in [4.78, 5) is 2.27. The number of anilines is 1. The second kappa shape index (κ2) is 6.43. The summed E-state index contributed by atoms with van der Waals surface area (Å²) in [6.45, 7) is 1.22. The summed E-state index contributed by atoms with van der Waals surface area (Å²) in [6, 6.07) is 7.55. The summed E-state index contributed by atoms with van der Waals surface area (Å²) >= 11 is 0. The van der Waals surface area contributed by atoms with Gasteiger partial charge in [0.05, 0.1) is 6.54 Å². The first-order valence-electron chi connectivity index (χ1n) is 6.69. The third-order valence-corrected chi connectivity index (χ3v) is 3.42. The van der Waals surface area contributed by atoms with Crippen LogP contribution in [0.2, 0.25) is 0 Å². The zero-order chi connectivity index (χ0) is 14.6. The Kier molecular flexibility index (Phi) is 4.86. The molecular weight excluding hydrogens is 272 g/mol. The summed E-state index contributed by atoms with van der Waals surface area (Å²) < 4.78 is 49.3. The van der Waals surface area contributed by atoms with E-state index in [-0.39, 0.29) is 6.54 Å². The maximum absolute atomic E-state index is 12.7. The second-order valence-electron chi connectivity index (χ2n) is 5.03. The monoisotopic (exact) mass is 290 g/mol. The molecule has 1 aliphatic rings. The molecule has 2 rings (SSSR count).